The number of amides is 1. The Morgan fingerprint density at radius 2 is 1.17 bits per heavy atom. The maximum atomic E-state index is 12.2. The van der Waals surface area contributed by atoms with E-state index in [1.807, 2.05) is 0 Å². The van der Waals surface area contributed by atoms with E-state index in [-0.39, 0.29) is 12.5 Å². The second-order valence-electron chi connectivity index (χ2n) is 9.94. The fourth-order valence-electron chi connectivity index (χ4n) is 4.17. The average Bonchev–Trinajstić information content (AvgIpc) is 2.86. The van der Waals surface area contributed by atoms with Crippen molar-refractivity contribution < 1.29 is 20.1 Å². The van der Waals surface area contributed by atoms with E-state index in [9.17, 15) is 20.1 Å². The minimum Gasteiger partial charge on any atom is -0.394 e. The van der Waals surface area contributed by atoms with Crippen molar-refractivity contribution in [2.24, 2.45) is 0 Å². The molecule has 0 saturated heterocycles. The molecule has 0 heterocycles. The molecule has 0 aliphatic heterocycles. The van der Waals surface area contributed by atoms with Crippen molar-refractivity contribution >= 4 is 5.91 Å². The van der Waals surface area contributed by atoms with Crippen LogP contribution < -0.4 is 5.32 Å². The molecule has 35 heavy (non-hydrogen) atoms. The van der Waals surface area contributed by atoms with Gasteiger partial charge in [0, 0.05) is 6.42 Å². The monoisotopic (exact) mass is 495 g/mol. The van der Waals surface area contributed by atoms with Crippen molar-refractivity contribution in [2.75, 3.05) is 6.61 Å². The Morgan fingerprint density at radius 3 is 1.74 bits per heavy atom. The van der Waals surface area contributed by atoms with Gasteiger partial charge in [-0.15, -0.1) is 0 Å². The van der Waals surface area contributed by atoms with Crippen molar-refractivity contribution in [1.29, 1.82) is 0 Å². The molecule has 0 saturated carbocycles. The van der Waals surface area contributed by atoms with Gasteiger partial charge in [0.25, 0.3) is 0 Å². The number of nitrogens with one attached hydrogen (secondary N) is 1. The molecular weight excluding hydrogens is 438 g/mol. The lowest BCUT2D eigenvalue weighted by Gasteiger charge is -2.26. The molecular formula is C30H57NO4. The molecule has 0 aromatic heterocycles. The normalized spacial score (nSPS) is 14.5. The molecule has 4 N–H and O–H groups in total. The Labute approximate surface area is 216 Å². The van der Waals surface area contributed by atoms with Gasteiger partial charge in [-0.05, 0) is 51.4 Å². The highest BCUT2D eigenvalue weighted by molar-refractivity contribution is 5.76. The lowest BCUT2D eigenvalue weighted by Crippen LogP contribution is -2.50. The Bertz CT molecular complexity index is 520. The number of carbonyl (C=O) groups excluding carboxylic acids is 1. The summed E-state index contributed by atoms with van der Waals surface area (Å²) in [6, 6.07) is -0.823. The van der Waals surface area contributed by atoms with E-state index in [1.165, 1.54) is 64.2 Å². The first-order valence-corrected chi connectivity index (χ1v) is 14.6. The summed E-state index contributed by atoms with van der Waals surface area (Å²) in [7, 11) is 0. The highest BCUT2D eigenvalue weighted by Gasteiger charge is 2.26. The van der Waals surface area contributed by atoms with Gasteiger partial charge in [0.2, 0.25) is 5.91 Å². The summed E-state index contributed by atoms with van der Waals surface area (Å²) in [5.74, 6) is -0.166. The lowest BCUT2D eigenvalue weighted by atomic mass is 10.0. The molecule has 206 valence electrons. The van der Waals surface area contributed by atoms with Gasteiger partial charge in [0.1, 0.15) is 6.10 Å². The lowest BCUT2D eigenvalue weighted by molar-refractivity contribution is -0.124. The third kappa shape index (κ3) is 21.8. The van der Waals surface area contributed by atoms with E-state index in [0.717, 1.165) is 44.9 Å². The first-order valence-electron chi connectivity index (χ1n) is 14.6. The second-order valence-corrected chi connectivity index (χ2v) is 9.94. The van der Waals surface area contributed by atoms with E-state index in [4.69, 9.17) is 0 Å². The third-order valence-corrected chi connectivity index (χ3v) is 6.54. The van der Waals surface area contributed by atoms with Crippen LogP contribution >= 0.6 is 0 Å². The van der Waals surface area contributed by atoms with Crippen molar-refractivity contribution in [3.05, 3.63) is 24.3 Å². The van der Waals surface area contributed by atoms with Crippen LogP contribution in [-0.2, 0) is 4.79 Å². The van der Waals surface area contributed by atoms with Gasteiger partial charge in [0.05, 0.1) is 18.8 Å². The van der Waals surface area contributed by atoms with Crippen molar-refractivity contribution in [3.8, 4) is 0 Å². The summed E-state index contributed by atoms with van der Waals surface area (Å²) in [6.45, 7) is 4.06. The van der Waals surface area contributed by atoms with Gasteiger partial charge in [-0.3, -0.25) is 4.79 Å². The molecule has 0 aromatic carbocycles. The molecule has 3 unspecified atom stereocenters. The Hall–Kier alpha value is -1.17. The van der Waals surface area contributed by atoms with Gasteiger partial charge in [-0.25, -0.2) is 0 Å². The number of hydrogen-bond donors (Lipinski definition) is 4. The summed E-state index contributed by atoms with van der Waals surface area (Å²) in [6.07, 6.45) is 26.9. The number of rotatable bonds is 25. The van der Waals surface area contributed by atoms with Crippen LogP contribution in [0.15, 0.2) is 24.3 Å². The highest BCUT2D eigenvalue weighted by atomic mass is 16.3. The SMILES string of the molecule is CCCCC/C=C/CC/C=C/CCCC(O)C(O)C(CO)NC(=O)CCCCCCCCCCC. The molecule has 5 heteroatoms. The Kier molecular flexibility index (Phi) is 25.0. The molecule has 1 amide bonds. The van der Waals surface area contributed by atoms with Crippen LogP contribution in [0.5, 0.6) is 0 Å². The van der Waals surface area contributed by atoms with Crippen LogP contribution in [0, 0.1) is 0 Å². The van der Waals surface area contributed by atoms with Crippen LogP contribution in [0.4, 0.5) is 0 Å². The number of hydrogen-bond acceptors (Lipinski definition) is 4. The molecule has 0 fully saturated rings. The molecule has 0 rings (SSSR count). The van der Waals surface area contributed by atoms with E-state index in [2.05, 4.69) is 43.5 Å². The average molecular weight is 496 g/mol. The predicted molar refractivity (Wildman–Crippen MR) is 148 cm³/mol. The smallest absolute Gasteiger partial charge is 0.220 e. The molecule has 0 radical (unpaired) electrons. The number of aliphatic hydroxyl groups is 3. The number of carbonyl (C=O) groups is 1. The van der Waals surface area contributed by atoms with Gasteiger partial charge < -0.3 is 20.6 Å². The van der Waals surface area contributed by atoms with Crippen molar-refractivity contribution in [2.45, 2.75) is 154 Å². The van der Waals surface area contributed by atoms with Crippen LogP contribution in [-0.4, -0.2) is 46.1 Å². The van der Waals surface area contributed by atoms with Crippen LogP contribution in [0.25, 0.3) is 0 Å². The zero-order valence-electron chi connectivity index (χ0n) is 22.9. The van der Waals surface area contributed by atoms with E-state index >= 15 is 0 Å². The third-order valence-electron chi connectivity index (χ3n) is 6.54. The number of aliphatic hydroxyl groups excluding tert-OH is 3. The number of unbranched alkanes of at least 4 members (excludes halogenated alkanes) is 13. The maximum Gasteiger partial charge on any atom is 0.220 e. The fourth-order valence-corrected chi connectivity index (χ4v) is 4.17. The van der Waals surface area contributed by atoms with E-state index in [0.29, 0.717) is 12.8 Å². The Morgan fingerprint density at radius 1 is 0.686 bits per heavy atom. The molecule has 0 aromatic rings. The fraction of sp³-hybridized carbons (Fsp3) is 0.833. The standard InChI is InChI=1S/C30H57NO4/c1-3-5-7-9-11-13-14-15-17-18-20-22-24-28(33)30(35)27(26-32)31-29(34)25-23-21-19-16-12-10-8-6-4-2/h11,13,17-18,27-28,30,32-33,35H,3-10,12,14-16,19-26H2,1-2H3,(H,31,34)/b13-11+,18-17+. The molecule has 0 aliphatic rings. The van der Waals surface area contributed by atoms with Crippen LogP contribution in [0.3, 0.4) is 0 Å². The highest BCUT2D eigenvalue weighted by Crippen LogP contribution is 2.12. The van der Waals surface area contributed by atoms with Crippen molar-refractivity contribution in [1.82, 2.24) is 5.32 Å². The zero-order chi connectivity index (χ0) is 26.0. The number of allylic oxidation sites excluding steroid dienone is 4. The molecule has 5 nitrogen and oxygen atoms in total. The molecule has 0 bridgehead atoms. The second kappa shape index (κ2) is 25.9. The maximum absolute atomic E-state index is 12.2. The van der Waals surface area contributed by atoms with E-state index in [1.54, 1.807) is 0 Å². The van der Waals surface area contributed by atoms with Crippen molar-refractivity contribution in [3.63, 3.8) is 0 Å². The largest absolute Gasteiger partial charge is 0.394 e. The topological polar surface area (TPSA) is 89.8 Å². The van der Waals surface area contributed by atoms with Gasteiger partial charge in [0.15, 0.2) is 0 Å². The quantitative estimate of drug-likeness (QED) is 0.0833. The molecule has 0 spiro atoms. The van der Waals surface area contributed by atoms with Gasteiger partial charge in [-0.1, -0.05) is 102 Å². The molecule has 3 atom stereocenters. The van der Waals surface area contributed by atoms with Gasteiger partial charge in [-0.2, -0.15) is 0 Å². The summed E-state index contributed by atoms with van der Waals surface area (Å²) < 4.78 is 0. The summed E-state index contributed by atoms with van der Waals surface area (Å²) >= 11 is 0. The first-order chi connectivity index (χ1) is 17.1. The van der Waals surface area contributed by atoms with Crippen LogP contribution in [0.2, 0.25) is 0 Å². The summed E-state index contributed by atoms with van der Waals surface area (Å²) in [5, 5.41) is 33.0. The first kappa shape index (κ1) is 33.8. The summed E-state index contributed by atoms with van der Waals surface area (Å²) in [4.78, 5) is 12.2. The summed E-state index contributed by atoms with van der Waals surface area (Å²) in [5.41, 5.74) is 0. The molecule has 0 aliphatic carbocycles. The van der Waals surface area contributed by atoms with E-state index < -0.39 is 18.2 Å². The predicted octanol–water partition coefficient (Wildman–Crippen LogP) is 6.75. The van der Waals surface area contributed by atoms with Gasteiger partial charge >= 0.3 is 0 Å². The minimum atomic E-state index is -1.16. The van der Waals surface area contributed by atoms with Crippen LogP contribution in [0.1, 0.15) is 136 Å². The minimum absolute atomic E-state index is 0.166. The Balaban J connectivity index is 3.88. The zero-order valence-corrected chi connectivity index (χ0v) is 22.9.